The van der Waals surface area contributed by atoms with Crippen LogP contribution < -0.4 is 0 Å². The Labute approximate surface area is 77.0 Å². The molecule has 3 heteroatoms. The predicted octanol–water partition coefficient (Wildman–Crippen LogP) is 2.20. The van der Waals surface area contributed by atoms with Gasteiger partial charge in [0, 0.05) is 25.3 Å². The first-order chi connectivity index (χ1) is 3.39. The Morgan fingerprint density at radius 2 is 2.00 bits per heavy atom. The van der Waals surface area contributed by atoms with Gasteiger partial charge >= 0.3 is 0 Å². The smallest absolute Gasteiger partial charge is 0.0108 e. The summed E-state index contributed by atoms with van der Waals surface area (Å²) in [6.07, 6.45) is 0. The Kier molecular flexibility index (Phi) is 8.49. The van der Waals surface area contributed by atoms with Gasteiger partial charge in [0.1, 0.15) is 0 Å². The molecule has 0 atom stereocenters. The Hall–Kier alpha value is 0.253. The van der Waals surface area contributed by atoms with Crippen molar-refractivity contribution >= 4 is 17.0 Å². The van der Waals surface area contributed by atoms with Crippen LogP contribution in [0.3, 0.4) is 0 Å². The number of halogens is 2. The van der Waals surface area contributed by atoms with Crippen LogP contribution in [0.15, 0.2) is 24.3 Å². The maximum Gasteiger partial charge on any atom is 0.0108 e. The molecule has 0 N–H and O–H groups in total. The molecule has 0 fully saturated rings. The van der Waals surface area contributed by atoms with Crippen molar-refractivity contribution in [1.29, 1.82) is 0 Å². The van der Waals surface area contributed by atoms with E-state index in [2.05, 4.69) is 6.07 Å². The Bertz CT molecular complexity index is 143. The van der Waals surface area contributed by atoms with E-state index in [1.54, 1.807) is 12.1 Å². The third kappa shape index (κ3) is 4.74. The van der Waals surface area contributed by atoms with Crippen molar-refractivity contribution < 1.29 is 23.9 Å². The van der Waals surface area contributed by atoms with E-state index in [-0.39, 0.29) is 42.3 Å². The summed E-state index contributed by atoms with van der Waals surface area (Å²) in [7, 11) is 0. The van der Waals surface area contributed by atoms with Gasteiger partial charge in [0.2, 0.25) is 0 Å². The molecule has 0 aliphatic carbocycles. The molecule has 0 heterocycles. The maximum absolute atomic E-state index is 11.9. The van der Waals surface area contributed by atoms with Crippen LogP contribution in [0.4, 0.5) is 4.39 Å². The zero-order valence-electron chi connectivity index (χ0n) is 4.80. The van der Waals surface area contributed by atoms with Gasteiger partial charge in [-0.05, 0) is 0 Å². The van der Waals surface area contributed by atoms with Crippen LogP contribution >= 0.6 is 17.0 Å². The summed E-state index contributed by atoms with van der Waals surface area (Å²) in [4.78, 5) is 0. The average molecular weight is 241 g/mol. The molecule has 1 rings (SSSR count). The van der Waals surface area contributed by atoms with Gasteiger partial charge in [-0.15, -0.1) is 29.1 Å². The third-order valence-electron chi connectivity index (χ3n) is 0.671. The SMILES string of the molecule is Br.Fc1[c-]cccc1.[Zn]. The minimum absolute atomic E-state index is 0. The quantitative estimate of drug-likeness (QED) is 0.482. The van der Waals surface area contributed by atoms with Crippen LogP contribution in [0.5, 0.6) is 0 Å². The van der Waals surface area contributed by atoms with Crippen LogP contribution in [-0.2, 0) is 19.5 Å². The molecule has 0 bridgehead atoms. The summed E-state index contributed by atoms with van der Waals surface area (Å²) in [5, 5.41) is 0. The zero-order chi connectivity index (χ0) is 5.11. The normalized spacial score (nSPS) is 6.78. The molecular formula is C6H5BrFZn-. The first kappa shape index (κ1) is 12.0. The van der Waals surface area contributed by atoms with Gasteiger partial charge in [0.05, 0.1) is 0 Å². The fraction of sp³-hybridized carbons (Fsp3) is 0. The monoisotopic (exact) mass is 239 g/mol. The molecule has 0 aromatic heterocycles. The van der Waals surface area contributed by atoms with E-state index < -0.39 is 0 Å². The van der Waals surface area contributed by atoms with E-state index in [0.717, 1.165) is 0 Å². The van der Waals surface area contributed by atoms with Gasteiger partial charge in [0.25, 0.3) is 0 Å². The fourth-order valence-electron chi connectivity index (χ4n) is 0.371. The van der Waals surface area contributed by atoms with Crippen LogP contribution in [0.1, 0.15) is 0 Å². The van der Waals surface area contributed by atoms with E-state index in [1.165, 1.54) is 12.1 Å². The van der Waals surface area contributed by atoms with Gasteiger partial charge in [-0.1, -0.05) is 0 Å². The maximum atomic E-state index is 11.9. The zero-order valence-corrected chi connectivity index (χ0v) is 9.48. The van der Waals surface area contributed by atoms with Crippen molar-refractivity contribution in [3.8, 4) is 0 Å². The van der Waals surface area contributed by atoms with E-state index in [4.69, 9.17) is 0 Å². The van der Waals surface area contributed by atoms with Crippen LogP contribution in [0, 0.1) is 11.9 Å². The van der Waals surface area contributed by atoms with Gasteiger partial charge in [-0.25, -0.2) is 4.39 Å². The van der Waals surface area contributed by atoms with Crippen molar-refractivity contribution in [1.82, 2.24) is 0 Å². The first-order valence-electron chi connectivity index (χ1n) is 2.02. The molecule has 9 heavy (non-hydrogen) atoms. The number of rotatable bonds is 0. The predicted molar refractivity (Wildman–Crippen MR) is 35.6 cm³/mol. The van der Waals surface area contributed by atoms with Gasteiger partial charge in [-0.2, -0.15) is 18.2 Å². The van der Waals surface area contributed by atoms with Crippen LogP contribution in [0.2, 0.25) is 0 Å². The Morgan fingerprint density at radius 3 is 2.22 bits per heavy atom. The molecule has 0 aliphatic rings. The van der Waals surface area contributed by atoms with Gasteiger partial charge in [0.15, 0.2) is 0 Å². The molecular weight excluding hydrogens is 236 g/mol. The third-order valence-corrected chi connectivity index (χ3v) is 0.671. The molecule has 0 radical (unpaired) electrons. The van der Waals surface area contributed by atoms with Crippen molar-refractivity contribution in [2.75, 3.05) is 0 Å². The number of hydrogen-bond donors (Lipinski definition) is 0. The summed E-state index contributed by atoms with van der Waals surface area (Å²) in [6.45, 7) is 0. The molecule has 46 valence electrons. The summed E-state index contributed by atoms with van der Waals surface area (Å²) in [5.41, 5.74) is 0. The standard InChI is InChI=1S/C6H4F.BrH.Zn/c7-6-4-2-1-3-5-6;;/h1-4H;1H;/q-1;;. The molecule has 1 aromatic carbocycles. The second-order valence-electron chi connectivity index (χ2n) is 1.21. The molecule has 0 spiro atoms. The summed E-state index contributed by atoms with van der Waals surface area (Å²) < 4.78 is 11.9. The minimum Gasteiger partial charge on any atom is -0.236 e. The topological polar surface area (TPSA) is 0 Å². The summed E-state index contributed by atoms with van der Waals surface area (Å²) >= 11 is 0. The second kappa shape index (κ2) is 6.37. The summed E-state index contributed by atoms with van der Waals surface area (Å²) in [5.74, 6) is -0.303. The van der Waals surface area contributed by atoms with Crippen molar-refractivity contribution in [3.05, 3.63) is 36.1 Å². The molecule has 0 unspecified atom stereocenters. The first-order valence-corrected chi connectivity index (χ1v) is 2.02. The fourth-order valence-corrected chi connectivity index (χ4v) is 0.371. The van der Waals surface area contributed by atoms with E-state index in [0.29, 0.717) is 0 Å². The minimum atomic E-state index is -0.303. The summed E-state index contributed by atoms with van der Waals surface area (Å²) in [6, 6.07) is 8.62. The van der Waals surface area contributed by atoms with Crippen LogP contribution in [-0.4, -0.2) is 0 Å². The van der Waals surface area contributed by atoms with Crippen molar-refractivity contribution in [3.63, 3.8) is 0 Å². The second-order valence-corrected chi connectivity index (χ2v) is 1.21. The molecule has 0 aliphatic heterocycles. The Balaban J connectivity index is 0. The molecule has 0 saturated carbocycles. The average Bonchev–Trinajstić information content (AvgIpc) is 1.69. The number of benzene rings is 1. The largest absolute Gasteiger partial charge is 0.236 e. The van der Waals surface area contributed by atoms with Gasteiger partial charge in [-0.3, -0.25) is 0 Å². The molecule has 0 nitrogen and oxygen atoms in total. The van der Waals surface area contributed by atoms with Crippen molar-refractivity contribution in [2.45, 2.75) is 0 Å². The van der Waals surface area contributed by atoms with Crippen LogP contribution in [0.25, 0.3) is 0 Å². The van der Waals surface area contributed by atoms with E-state index in [1.807, 2.05) is 0 Å². The Morgan fingerprint density at radius 1 is 1.33 bits per heavy atom. The van der Waals surface area contributed by atoms with Gasteiger partial charge < -0.3 is 0 Å². The van der Waals surface area contributed by atoms with E-state index >= 15 is 0 Å². The van der Waals surface area contributed by atoms with E-state index in [9.17, 15) is 4.39 Å². The molecule has 0 saturated heterocycles. The number of hydrogen-bond acceptors (Lipinski definition) is 0. The van der Waals surface area contributed by atoms with Crippen molar-refractivity contribution in [2.24, 2.45) is 0 Å². The molecule has 1 aromatic rings. The molecule has 0 amide bonds.